The molecular formula is C40H62. The van der Waals surface area contributed by atoms with Gasteiger partial charge in [-0.2, -0.15) is 0 Å². The maximum atomic E-state index is 2.47. The van der Waals surface area contributed by atoms with E-state index in [0.717, 1.165) is 12.8 Å². The zero-order valence-corrected chi connectivity index (χ0v) is 27.8. The van der Waals surface area contributed by atoms with Crippen molar-refractivity contribution in [3.8, 4) is 0 Å². The monoisotopic (exact) mass is 542 g/mol. The van der Waals surface area contributed by atoms with Gasteiger partial charge in [0.2, 0.25) is 0 Å². The van der Waals surface area contributed by atoms with Crippen LogP contribution in [0.5, 0.6) is 0 Å². The van der Waals surface area contributed by atoms with Crippen molar-refractivity contribution in [2.45, 2.75) is 114 Å². The van der Waals surface area contributed by atoms with Crippen LogP contribution in [0.15, 0.2) is 95.7 Å². The van der Waals surface area contributed by atoms with Crippen LogP contribution in [-0.2, 0) is 0 Å². The molecule has 0 fully saturated rings. The Balaban J connectivity index is 1.72. The maximum absolute atomic E-state index is 2.47. The Morgan fingerprint density at radius 2 is 1.38 bits per heavy atom. The molecule has 0 N–H and O–H groups in total. The van der Waals surface area contributed by atoms with E-state index in [1.165, 1.54) is 32.1 Å². The zero-order valence-electron chi connectivity index (χ0n) is 27.8. The summed E-state index contributed by atoms with van der Waals surface area (Å²) in [6.07, 6.45) is 39.2. The Labute approximate surface area is 249 Å². The topological polar surface area (TPSA) is 0 Å². The van der Waals surface area contributed by atoms with Gasteiger partial charge in [0.15, 0.2) is 0 Å². The summed E-state index contributed by atoms with van der Waals surface area (Å²) in [6.45, 7) is 23.4. The highest BCUT2D eigenvalue weighted by molar-refractivity contribution is 5.33. The van der Waals surface area contributed by atoms with Crippen LogP contribution in [0.4, 0.5) is 0 Å². The highest BCUT2D eigenvalue weighted by Crippen LogP contribution is 2.42. The van der Waals surface area contributed by atoms with Crippen molar-refractivity contribution >= 4 is 0 Å². The van der Waals surface area contributed by atoms with Gasteiger partial charge < -0.3 is 0 Å². The van der Waals surface area contributed by atoms with E-state index in [4.69, 9.17) is 0 Å². The van der Waals surface area contributed by atoms with Crippen LogP contribution in [0, 0.1) is 40.4 Å². The molecule has 0 aromatic carbocycles. The molecule has 0 radical (unpaired) electrons. The van der Waals surface area contributed by atoms with Crippen LogP contribution in [-0.4, -0.2) is 0 Å². The fraction of sp³-hybridized carbons (Fsp3) is 0.600. The van der Waals surface area contributed by atoms with E-state index in [9.17, 15) is 0 Å². The van der Waals surface area contributed by atoms with E-state index in [2.05, 4.69) is 148 Å². The summed E-state index contributed by atoms with van der Waals surface area (Å²) in [6, 6.07) is 0. The van der Waals surface area contributed by atoms with Gasteiger partial charge in [-0.05, 0) is 98.9 Å². The van der Waals surface area contributed by atoms with Crippen LogP contribution >= 0.6 is 0 Å². The second-order valence-electron chi connectivity index (χ2n) is 14.4. The van der Waals surface area contributed by atoms with E-state index in [1.807, 2.05) is 0 Å². The molecule has 2 aliphatic rings. The van der Waals surface area contributed by atoms with Gasteiger partial charge in [-0.15, -0.1) is 0 Å². The molecule has 0 heteroatoms. The molecule has 222 valence electrons. The summed E-state index contributed by atoms with van der Waals surface area (Å²) in [5, 5.41) is 0. The van der Waals surface area contributed by atoms with Crippen LogP contribution in [0.3, 0.4) is 0 Å². The van der Waals surface area contributed by atoms with Crippen molar-refractivity contribution in [3.05, 3.63) is 95.7 Å². The first-order valence-electron chi connectivity index (χ1n) is 16.2. The van der Waals surface area contributed by atoms with Gasteiger partial charge in [-0.3, -0.25) is 0 Å². The molecule has 0 bridgehead atoms. The Morgan fingerprint density at radius 3 is 2.00 bits per heavy atom. The van der Waals surface area contributed by atoms with Gasteiger partial charge >= 0.3 is 0 Å². The molecule has 0 amide bonds. The lowest BCUT2D eigenvalue weighted by atomic mass is 9.68. The van der Waals surface area contributed by atoms with Crippen molar-refractivity contribution in [1.82, 2.24) is 0 Å². The minimum atomic E-state index is 0.321. The first kappa shape index (κ1) is 34.1. The predicted molar refractivity (Wildman–Crippen MR) is 181 cm³/mol. The Bertz CT molecular complexity index is 1010. The molecule has 0 spiro atoms. The summed E-state index contributed by atoms with van der Waals surface area (Å²) < 4.78 is 0. The molecule has 0 aliphatic heterocycles. The normalized spacial score (nSPS) is 25.1. The standard InChI is InChI=1S/C40H62/c1-31(19-13-21-33(3)25-27-37-35(5)23-15-29-39(37,7)8)17-11-12-18-32(2)20-14-22-34(4)26-28-38-36(6)24-16-30-40(38,9)10/h11-14,17-19,22-23,25-28,31-34,37H,15-16,20-21,24,29-30H2,1-10H3/b17-11+,18-12+,19-13+,22-14+,27-25+,28-26+. The molecule has 40 heavy (non-hydrogen) atoms. The third-order valence-corrected chi connectivity index (χ3v) is 9.19. The third-order valence-electron chi connectivity index (χ3n) is 9.19. The second kappa shape index (κ2) is 16.4. The van der Waals surface area contributed by atoms with Crippen molar-refractivity contribution in [2.75, 3.05) is 0 Å². The van der Waals surface area contributed by atoms with Crippen molar-refractivity contribution < 1.29 is 0 Å². The molecule has 0 nitrogen and oxygen atoms in total. The molecule has 0 heterocycles. The van der Waals surface area contributed by atoms with E-state index in [1.54, 1.807) is 16.7 Å². The van der Waals surface area contributed by atoms with Gasteiger partial charge in [-0.1, -0.05) is 146 Å². The highest BCUT2D eigenvalue weighted by atomic mass is 14.4. The van der Waals surface area contributed by atoms with Crippen molar-refractivity contribution in [3.63, 3.8) is 0 Å². The van der Waals surface area contributed by atoms with Crippen molar-refractivity contribution in [2.24, 2.45) is 40.4 Å². The average molecular weight is 543 g/mol. The number of hydrogen-bond acceptors (Lipinski definition) is 0. The van der Waals surface area contributed by atoms with Gasteiger partial charge in [0, 0.05) is 5.92 Å². The molecule has 0 aromatic heterocycles. The minimum Gasteiger partial charge on any atom is -0.0874 e. The van der Waals surface area contributed by atoms with E-state index in [0.29, 0.717) is 40.4 Å². The molecule has 2 rings (SSSR count). The Morgan fingerprint density at radius 1 is 0.775 bits per heavy atom. The van der Waals surface area contributed by atoms with E-state index >= 15 is 0 Å². The molecule has 0 saturated heterocycles. The predicted octanol–water partition coefficient (Wildman–Crippen LogP) is 12.6. The lowest BCUT2D eigenvalue weighted by Crippen LogP contribution is -2.26. The molecule has 5 unspecified atom stereocenters. The first-order chi connectivity index (χ1) is 18.8. The molecule has 0 aromatic rings. The molecule has 5 atom stereocenters. The minimum absolute atomic E-state index is 0.321. The summed E-state index contributed by atoms with van der Waals surface area (Å²) in [5.41, 5.74) is 5.38. The quantitative estimate of drug-likeness (QED) is 0.160. The first-order valence-corrected chi connectivity index (χ1v) is 16.2. The largest absolute Gasteiger partial charge is 0.0874 e. The second-order valence-corrected chi connectivity index (χ2v) is 14.4. The smallest absolute Gasteiger partial charge is 0.00254 e. The summed E-state index contributed by atoms with van der Waals surface area (Å²) >= 11 is 0. The SMILES string of the molecule is CC1=CCCC(C)(C)C1/C=C/C(C)C/C=C/C(C)/C=C/C=C/C(C)C/C=C/C(C)/C=C/C1=C(C)CCCC1(C)C. The van der Waals surface area contributed by atoms with Crippen LogP contribution in [0.25, 0.3) is 0 Å². The summed E-state index contributed by atoms with van der Waals surface area (Å²) in [5.74, 6) is 2.63. The van der Waals surface area contributed by atoms with Gasteiger partial charge in [0.05, 0.1) is 0 Å². The summed E-state index contributed by atoms with van der Waals surface area (Å²) in [7, 11) is 0. The van der Waals surface area contributed by atoms with Crippen LogP contribution in [0.1, 0.15) is 114 Å². The van der Waals surface area contributed by atoms with E-state index in [-0.39, 0.29) is 0 Å². The zero-order chi connectivity index (χ0) is 29.8. The lowest BCUT2D eigenvalue weighted by molar-refractivity contribution is 0.255. The van der Waals surface area contributed by atoms with Gasteiger partial charge in [0.1, 0.15) is 0 Å². The molecular weight excluding hydrogens is 480 g/mol. The number of rotatable bonds is 13. The molecule has 2 aliphatic carbocycles. The van der Waals surface area contributed by atoms with Crippen LogP contribution in [0.2, 0.25) is 0 Å². The number of hydrogen-bond donors (Lipinski definition) is 0. The van der Waals surface area contributed by atoms with E-state index < -0.39 is 0 Å². The third kappa shape index (κ3) is 11.8. The average Bonchev–Trinajstić information content (AvgIpc) is 2.85. The van der Waals surface area contributed by atoms with Crippen LogP contribution < -0.4 is 0 Å². The fourth-order valence-corrected chi connectivity index (χ4v) is 6.34. The lowest BCUT2D eigenvalue weighted by Gasteiger charge is -2.36. The van der Waals surface area contributed by atoms with Gasteiger partial charge in [0.25, 0.3) is 0 Å². The summed E-state index contributed by atoms with van der Waals surface area (Å²) in [4.78, 5) is 0. The fourth-order valence-electron chi connectivity index (χ4n) is 6.34. The maximum Gasteiger partial charge on any atom is 0.00254 e. The highest BCUT2D eigenvalue weighted by Gasteiger charge is 2.30. The molecule has 0 saturated carbocycles. The Hall–Kier alpha value is -2.08. The van der Waals surface area contributed by atoms with Gasteiger partial charge in [-0.25, -0.2) is 0 Å². The van der Waals surface area contributed by atoms with Crippen molar-refractivity contribution in [1.29, 1.82) is 0 Å². The Kier molecular flexibility index (Phi) is 14.0. The number of allylic oxidation sites excluding steroid dienone is 16.